The number of aromatic carboxylic acids is 1. The van der Waals surface area contributed by atoms with Crippen LogP contribution >= 0.6 is 11.3 Å². The molecule has 0 bridgehead atoms. The van der Waals surface area contributed by atoms with Gasteiger partial charge in [0.2, 0.25) is 0 Å². The number of aliphatic hydroxyl groups excluding tert-OH is 1. The molecule has 0 aliphatic carbocycles. The Balaban J connectivity index is 1.60. The molecule has 34 heavy (non-hydrogen) atoms. The van der Waals surface area contributed by atoms with Crippen LogP contribution in [0.5, 0.6) is 0 Å². The lowest BCUT2D eigenvalue weighted by Crippen LogP contribution is -2.26. The van der Waals surface area contributed by atoms with Crippen molar-refractivity contribution in [3.63, 3.8) is 0 Å². The zero-order chi connectivity index (χ0) is 24.5. The molecule has 0 amide bonds. The van der Waals surface area contributed by atoms with Crippen LogP contribution in [0, 0.1) is 0 Å². The average molecular weight is 492 g/mol. The normalized spacial score (nSPS) is 15.6. The van der Waals surface area contributed by atoms with Gasteiger partial charge in [-0.05, 0) is 48.2 Å². The van der Waals surface area contributed by atoms with E-state index in [0.717, 1.165) is 33.0 Å². The van der Waals surface area contributed by atoms with Crippen LogP contribution in [-0.4, -0.2) is 22.8 Å². The summed E-state index contributed by atoms with van der Waals surface area (Å²) in [6.07, 6.45) is -4.59. The van der Waals surface area contributed by atoms with E-state index < -0.39 is 23.9 Å². The van der Waals surface area contributed by atoms with Crippen molar-refractivity contribution in [3.8, 4) is 0 Å². The molecule has 2 heterocycles. The lowest BCUT2D eigenvalue weighted by molar-refractivity contribution is -0.137. The Labute approximate surface area is 198 Å². The number of ether oxygens (including phenoxy) is 1. The van der Waals surface area contributed by atoms with Gasteiger partial charge in [0, 0.05) is 27.8 Å². The molecular formula is C25H24F3NO4S. The zero-order valence-corrected chi connectivity index (χ0v) is 19.2. The number of hydrogen-bond acceptors (Lipinski definition) is 5. The first-order valence-electron chi connectivity index (χ1n) is 10.8. The van der Waals surface area contributed by atoms with Gasteiger partial charge < -0.3 is 14.9 Å². The van der Waals surface area contributed by atoms with Gasteiger partial charge in [-0.3, -0.25) is 5.32 Å². The summed E-state index contributed by atoms with van der Waals surface area (Å²) in [6, 6.07) is 11.3. The molecule has 1 aliphatic heterocycles. The van der Waals surface area contributed by atoms with E-state index in [1.807, 2.05) is 6.92 Å². The van der Waals surface area contributed by atoms with Crippen molar-refractivity contribution >= 4 is 17.3 Å². The van der Waals surface area contributed by atoms with E-state index in [1.54, 1.807) is 18.2 Å². The second-order valence-electron chi connectivity index (χ2n) is 8.24. The summed E-state index contributed by atoms with van der Waals surface area (Å²) in [7, 11) is 0. The zero-order valence-electron chi connectivity index (χ0n) is 18.4. The first-order valence-corrected chi connectivity index (χ1v) is 11.6. The highest BCUT2D eigenvalue weighted by atomic mass is 32.1. The second kappa shape index (κ2) is 9.87. The maximum absolute atomic E-state index is 13.2. The molecule has 3 N–H and O–H groups in total. The summed E-state index contributed by atoms with van der Waals surface area (Å²) in [5.41, 5.74) is 2.46. The summed E-state index contributed by atoms with van der Waals surface area (Å²) in [6.45, 7) is 2.78. The number of halogens is 3. The minimum Gasteiger partial charge on any atom is -0.478 e. The Bertz CT molecular complexity index is 1170. The topological polar surface area (TPSA) is 78.8 Å². The van der Waals surface area contributed by atoms with Crippen LogP contribution in [0.15, 0.2) is 48.5 Å². The molecule has 1 aliphatic rings. The molecule has 9 heteroatoms. The Hall–Kier alpha value is -2.72. The number of benzene rings is 2. The quantitative estimate of drug-likeness (QED) is 0.382. The molecule has 2 aromatic carbocycles. The van der Waals surface area contributed by atoms with Crippen molar-refractivity contribution in [1.29, 1.82) is 0 Å². The lowest BCUT2D eigenvalue weighted by atomic mass is 9.98. The maximum atomic E-state index is 13.2. The number of alkyl halides is 3. The highest BCUT2D eigenvalue weighted by Gasteiger charge is 2.31. The maximum Gasteiger partial charge on any atom is 0.416 e. The third-order valence-electron chi connectivity index (χ3n) is 5.90. The molecule has 0 saturated carbocycles. The van der Waals surface area contributed by atoms with Crippen molar-refractivity contribution in [1.82, 2.24) is 5.32 Å². The van der Waals surface area contributed by atoms with Crippen LogP contribution in [-0.2, 0) is 30.4 Å². The lowest BCUT2D eigenvalue weighted by Gasteiger charge is -2.23. The third-order valence-corrected chi connectivity index (χ3v) is 7.12. The van der Waals surface area contributed by atoms with E-state index in [9.17, 15) is 23.1 Å². The van der Waals surface area contributed by atoms with Crippen molar-refractivity contribution in [2.24, 2.45) is 0 Å². The molecule has 0 radical (unpaired) electrons. The molecule has 180 valence electrons. The molecule has 0 spiro atoms. The van der Waals surface area contributed by atoms with Crippen LogP contribution in [0.3, 0.4) is 0 Å². The number of carboxylic acid groups (broad SMARTS) is 1. The number of fused-ring (bicyclic) bond motifs is 1. The summed E-state index contributed by atoms with van der Waals surface area (Å²) < 4.78 is 45.1. The summed E-state index contributed by atoms with van der Waals surface area (Å²) in [4.78, 5) is 12.9. The highest BCUT2D eigenvalue weighted by Crippen LogP contribution is 2.38. The first-order chi connectivity index (χ1) is 16.1. The van der Waals surface area contributed by atoms with Crippen molar-refractivity contribution in [2.75, 3.05) is 6.61 Å². The predicted octanol–water partition coefficient (Wildman–Crippen LogP) is 5.47. The van der Waals surface area contributed by atoms with Gasteiger partial charge in [0.25, 0.3) is 0 Å². The molecule has 0 fully saturated rings. The summed E-state index contributed by atoms with van der Waals surface area (Å²) in [5, 5.41) is 23.4. The number of thiophene rings is 1. The fraction of sp³-hybridized carbons (Fsp3) is 0.320. The average Bonchev–Trinajstić information content (AvgIpc) is 3.16. The van der Waals surface area contributed by atoms with Gasteiger partial charge in [0.05, 0.1) is 24.3 Å². The van der Waals surface area contributed by atoms with Gasteiger partial charge in [-0.15, -0.1) is 11.3 Å². The van der Waals surface area contributed by atoms with E-state index in [1.165, 1.54) is 29.5 Å². The summed E-state index contributed by atoms with van der Waals surface area (Å²) in [5.74, 6) is -1.02. The predicted molar refractivity (Wildman–Crippen MR) is 122 cm³/mol. The van der Waals surface area contributed by atoms with Crippen LogP contribution in [0.4, 0.5) is 13.2 Å². The van der Waals surface area contributed by atoms with Gasteiger partial charge in [-0.2, -0.15) is 13.2 Å². The molecule has 4 rings (SSSR count). The van der Waals surface area contributed by atoms with Gasteiger partial charge in [-0.25, -0.2) is 4.79 Å². The Morgan fingerprint density at radius 1 is 1.21 bits per heavy atom. The Morgan fingerprint density at radius 2 is 1.94 bits per heavy atom. The smallest absolute Gasteiger partial charge is 0.416 e. The minimum atomic E-state index is -4.42. The molecule has 3 aromatic rings. The van der Waals surface area contributed by atoms with Crippen LogP contribution in [0.25, 0.3) is 0 Å². The van der Waals surface area contributed by atoms with Gasteiger partial charge >= 0.3 is 12.1 Å². The highest BCUT2D eigenvalue weighted by molar-refractivity contribution is 7.12. The molecular weight excluding hydrogens is 467 g/mol. The monoisotopic (exact) mass is 491 g/mol. The molecule has 1 aromatic heterocycles. The third kappa shape index (κ3) is 5.33. The molecule has 0 saturated heterocycles. The van der Waals surface area contributed by atoms with E-state index in [-0.39, 0.29) is 18.0 Å². The number of carboxylic acids is 1. The Morgan fingerprint density at radius 3 is 2.62 bits per heavy atom. The van der Waals surface area contributed by atoms with Crippen LogP contribution < -0.4 is 5.32 Å². The fourth-order valence-electron chi connectivity index (χ4n) is 4.14. The largest absolute Gasteiger partial charge is 0.478 e. The number of aliphatic hydroxyl groups is 1. The van der Waals surface area contributed by atoms with E-state index in [0.29, 0.717) is 30.8 Å². The van der Waals surface area contributed by atoms with Crippen molar-refractivity contribution in [2.45, 2.75) is 44.8 Å². The van der Waals surface area contributed by atoms with Gasteiger partial charge in [0.15, 0.2) is 0 Å². The number of hydrogen-bond donors (Lipinski definition) is 3. The second-order valence-corrected chi connectivity index (χ2v) is 9.43. The molecule has 1 unspecified atom stereocenters. The minimum absolute atomic E-state index is 0.173. The van der Waals surface area contributed by atoms with Crippen LogP contribution in [0.1, 0.15) is 67.1 Å². The number of rotatable bonds is 7. The van der Waals surface area contributed by atoms with E-state index in [4.69, 9.17) is 9.84 Å². The van der Waals surface area contributed by atoms with Crippen molar-refractivity contribution in [3.05, 3.63) is 91.7 Å². The van der Waals surface area contributed by atoms with E-state index in [2.05, 4.69) is 5.32 Å². The van der Waals surface area contributed by atoms with Crippen molar-refractivity contribution < 1.29 is 32.9 Å². The standard InChI is InChI=1S/C25H24F3NO4S/c1-14(16-5-7-17(8-6-16)24(31)32)29-23(30)22-19-9-10-33-13-21(19)34-20(22)12-15-3-2-4-18(11-15)25(26,27)28/h2-8,11,14,23,29-30H,9-10,12-13H2,1H3,(H,31,32)/t14-,23?/m1/s1. The first kappa shape index (κ1) is 24.4. The number of nitrogens with one attached hydrogen (secondary N) is 1. The fourth-order valence-corrected chi connectivity index (χ4v) is 5.49. The summed E-state index contributed by atoms with van der Waals surface area (Å²) >= 11 is 1.46. The van der Waals surface area contributed by atoms with Gasteiger partial charge in [0.1, 0.15) is 6.23 Å². The molecule has 2 atom stereocenters. The number of carbonyl (C=O) groups is 1. The SMILES string of the molecule is C[C@@H](NC(O)c1c(Cc2cccc(C(F)(F)F)c2)sc2c1CCOC2)c1ccc(C(=O)O)cc1. The van der Waals surface area contributed by atoms with Gasteiger partial charge in [-0.1, -0.05) is 30.3 Å². The van der Waals surface area contributed by atoms with E-state index >= 15 is 0 Å². The Kier molecular flexibility index (Phi) is 7.09. The van der Waals surface area contributed by atoms with Crippen LogP contribution in [0.2, 0.25) is 0 Å². The molecule has 5 nitrogen and oxygen atoms in total.